The first kappa shape index (κ1) is 9.34. The van der Waals surface area contributed by atoms with Gasteiger partial charge < -0.3 is 4.18 Å². The van der Waals surface area contributed by atoms with Crippen LogP contribution < -0.4 is 4.18 Å². The highest BCUT2D eigenvalue weighted by atomic mass is 32.3. The van der Waals surface area contributed by atoms with Crippen molar-refractivity contribution in [1.82, 2.24) is 0 Å². The number of aryl methyl sites for hydroxylation is 1. The number of benzene rings is 1. The average Bonchev–Trinajstić information content (AvgIpc) is 1.82. The van der Waals surface area contributed by atoms with E-state index in [1.165, 1.54) is 6.07 Å². The quantitative estimate of drug-likeness (QED) is 0.670. The van der Waals surface area contributed by atoms with Crippen LogP contribution in [0.2, 0.25) is 0 Å². The summed E-state index contributed by atoms with van der Waals surface area (Å²) >= 11 is -3.89. The van der Waals surface area contributed by atoms with E-state index in [2.05, 4.69) is 4.18 Å². The highest BCUT2D eigenvalue weighted by Gasteiger charge is 2.13. The predicted molar refractivity (Wildman–Crippen MR) is 47.3 cm³/mol. The fraction of sp³-hybridized carbons (Fsp3) is 0.143. The Morgan fingerprint density at radius 2 is 1.92 bits per heavy atom. The Balaban J connectivity index is 2.77. The summed E-state index contributed by atoms with van der Waals surface area (Å²) < 4.78 is 30.0. The van der Waals surface area contributed by atoms with E-state index in [1.54, 1.807) is 12.1 Å². The molecule has 0 amide bonds. The second-order valence-electron chi connectivity index (χ2n) is 2.37. The summed E-state index contributed by atoms with van der Waals surface area (Å²) in [6.45, 7) is 1.83. The summed E-state index contributed by atoms with van der Waals surface area (Å²) in [5, 5.41) is 0. The van der Waals surface area contributed by atoms with Gasteiger partial charge in [-0.05, 0) is 24.6 Å². The van der Waals surface area contributed by atoms with Gasteiger partial charge in [-0.2, -0.15) is 0 Å². The van der Waals surface area contributed by atoms with Crippen LogP contribution >= 0.6 is 11.2 Å². The Labute approximate surface area is 72.2 Å². The van der Waals surface area contributed by atoms with Gasteiger partial charge in [-0.3, -0.25) is 13.7 Å². The molecular formula is C7H10O4S. The van der Waals surface area contributed by atoms with Crippen LogP contribution in [0, 0.1) is 6.92 Å². The van der Waals surface area contributed by atoms with E-state index in [9.17, 15) is 0 Å². The van der Waals surface area contributed by atoms with Crippen molar-refractivity contribution in [2.75, 3.05) is 0 Å². The zero-order valence-electron chi connectivity index (χ0n) is 6.47. The Kier molecular flexibility index (Phi) is 2.58. The SMILES string of the molecule is Cc1cccc(OS(O)(O)O)c1. The third-order valence-corrected chi connectivity index (χ3v) is 1.61. The summed E-state index contributed by atoms with van der Waals surface area (Å²) in [5.74, 6) is 0.234. The molecular weight excluding hydrogens is 180 g/mol. The minimum absolute atomic E-state index is 0.234. The van der Waals surface area contributed by atoms with E-state index in [1.807, 2.05) is 13.0 Å². The monoisotopic (exact) mass is 190 g/mol. The molecule has 0 aliphatic rings. The van der Waals surface area contributed by atoms with Gasteiger partial charge in [0.15, 0.2) is 0 Å². The molecule has 4 nitrogen and oxygen atoms in total. The van der Waals surface area contributed by atoms with Crippen molar-refractivity contribution < 1.29 is 17.8 Å². The lowest BCUT2D eigenvalue weighted by atomic mass is 10.2. The van der Waals surface area contributed by atoms with Gasteiger partial charge in [0.25, 0.3) is 11.2 Å². The Hall–Kier alpha value is -0.750. The van der Waals surface area contributed by atoms with Crippen molar-refractivity contribution in [2.45, 2.75) is 6.92 Å². The molecule has 0 bridgehead atoms. The highest BCUT2D eigenvalue weighted by Crippen LogP contribution is 2.35. The van der Waals surface area contributed by atoms with Crippen LogP contribution in [-0.4, -0.2) is 13.7 Å². The van der Waals surface area contributed by atoms with Crippen LogP contribution in [0.15, 0.2) is 24.3 Å². The average molecular weight is 190 g/mol. The molecule has 12 heavy (non-hydrogen) atoms. The normalized spacial score (nSPS) is 12.7. The number of hydrogen-bond donors (Lipinski definition) is 3. The third-order valence-electron chi connectivity index (χ3n) is 1.20. The van der Waals surface area contributed by atoms with Crippen LogP contribution in [0.25, 0.3) is 0 Å². The topological polar surface area (TPSA) is 69.9 Å². The number of hydrogen-bond acceptors (Lipinski definition) is 4. The van der Waals surface area contributed by atoms with E-state index in [-0.39, 0.29) is 5.75 Å². The van der Waals surface area contributed by atoms with Crippen molar-refractivity contribution in [3.63, 3.8) is 0 Å². The highest BCUT2D eigenvalue weighted by molar-refractivity contribution is 8.15. The zero-order valence-corrected chi connectivity index (χ0v) is 7.28. The predicted octanol–water partition coefficient (Wildman–Crippen LogP) is 2.51. The molecule has 0 spiro atoms. The second-order valence-corrected chi connectivity index (χ2v) is 3.47. The first-order valence-electron chi connectivity index (χ1n) is 3.24. The van der Waals surface area contributed by atoms with Crippen LogP contribution in [0.5, 0.6) is 5.75 Å². The lowest BCUT2D eigenvalue weighted by Crippen LogP contribution is -2.03. The molecule has 0 aliphatic carbocycles. The molecule has 0 saturated heterocycles. The molecule has 0 saturated carbocycles. The fourth-order valence-electron chi connectivity index (χ4n) is 0.796. The van der Waals surface area contributed by atoms with Crippen LogP contribution in [-0.2, 0) is 0 Å². The van der Waals surface area contributed by atoms with Crippen molar-refractivity contribution in [3.05, 3.63) is 29.8 Å². The molecule has 1 aromatic carbocycles. The Morgan fingerprint density at radius 3 is 2.42 bits per heavy atom. The fourth-order valence-corrected chi connectivity index (χ4v) is 1.16. The van der Waals surface area contributed by atoms with E-state index in [4.69, 9.17) is 13.7 Å². The van der Waals surface area contributed by atoms with Crippen molar-refractivity contribution in [2.24, 2.45) is 0 Å². The first-order valence-corrected chi connectivity index (χ1v) is 4.67. The van der Waals surface area contributed by atoms with Gasteiger partial charge in [-0.15, -0.1) is 0 Å². The van der Waals surface area contributed by atoms with Crippen LogP contribution in [0.3, 0.4) is 0 Å². The van der Waals surface area contributed by atoms with Crippen molar-refractivity contribution in [3.8, 4) is 5.75 Å². The second kappa shape index (κ2) is 3.32. The number of rotatable bonds is 2. The lowest BCUT2D eigenvalue weighted by Gasteiger charge is -2.18. The maximum absolute atomic E-state index is 8.53. The largest absolute Gasteiger partial charge is 0.383 e. The van der Waals surface area contributed by atoms with Crippen LogP contribution in [0.4, 0.5) is 0 Å². The molecule has 68 valence electrons. The summed E-state index contributed by atoms with van der Waals surface area (Å²) in [7, 11) is 0. The first-order chi connectivity index (χ1) is 5.47. The molecule has 0 radical (unpaired) electrons. The van der Waals surface area contributed by atoms with E-state index in [0.717, 1.165) is 5.56 Å². The molecule has 0 heterocycles. The van der Waals surface area contributed by atoms with Crippen molar-refractivity contribution in [1.29, 1.82) is 0 Å². The van der Waals surface area contributed by atoms with Gasteiger partial charge in [-0.1, -0.05) is 12.1 Å². The summed E-state index contributed by atoms with van der Waals surface area (Å²) in [6.07, 6.45) is 0. The third kappa shape index (κ3) is 3.10. The van der Waals surface area contributed by atoms with Gasteiger partial charge in [0.2, 0.25) is 0 Å². The summed E-state index contributed by atoms with van der Waals surface area (Å²) in [6, 6.07) is 6.63. The van der Waals surface area contributed by atoms with Gasteiger partial charge in [0.1, 0.15) is 5.75 Å². The minimum Gasteiger partial charge on any atom is -0.383 e. The molecule has 3 N–H and O–H groups in total. The Bertz CT molecular complexity index is 268. The van der Waals surface area contributed by atoms with Gasteiger partial charge in [0, 0.05) is 0 Å². The molecule has 0 aromatic heterocycles. The van der Waals surface area contributed by atoms with Crippen LogP contribution in [0.1, 0.15) is 5.56 Å². The summed E-state index contributed by atoms with van der Waals surface area (Å²) in [4.78, 5) is 0. The Morgan fingerprint density at radius 1 is 1.25 bits per heavy atom. The minimum atomic E-state index is -3.89. The maximum Gasteiger partial charge on any atom is 0.266 e. The standard InChI is InChI=1S/C7H10O4S/c1-6-3-2-4-7(5-6)11-12(8,9)10/h2-5,8-10H,1H3. The van der Waals surface area contributed by atoms with E-state index in [0.29, 0.717) is 0 Å². The van der Waals surface area contributed by atoms with Gasteiger partial charge in [-0.25, -0.2) is 0 Å². The molecule has 0 atom stereocenters. The summed E-state index contributed by atoms with van der Waals surface area (Å²) in [5.41, 5.74) is 0.913. The maximum atomic E-state index is 8.53. The smallest absolute Gasteiger partial charge is 0.266 e. The van der Waals surface area contributed by atoms with E-state index >= 15 is 0 Å². The molecule has 1 rings (SSSR count). The molecule has 0 unspecified atom stereocenters. The molecule has 5 heteroatoms. The van der Waals surface area contributed by atoms with Crippen molar-refractivity contribution >= 4 is 11.2 Å². The van der Waals surface area contributed by atoms with Gasteiger partial charge >= 0.3 is 0 Å². The zero-order chi connectivity index (χ0) is 9.19. The van der Waals surface area contributed by atoms with Gasteiger partial charge in [0.05, 0.1) is 0 Å². The lowest BCUT2D eigenvalue weighted by molar-refractivity contribution is 0.287. The molecule has 1 aromatic rings. The van der Waals surface area contributed by atoms with E-state index < -0.39 is 11.2 Å². The molecule has 0 aliphatic heterocycles. The molecule has 0 fully saturated rings.